The molecule has 1 fully saturated rings. The molecular weight excluding hydrogens is 214 g/mol. The predicted octanol–water partition coefficient (Wildman–Crippen LogP) is 2.32. The zero-order valence-corrected chi connectivity index (χ0v) is 11.4. The molecular formula is C13H27N3O. The van der Waals surface area contributed by atoms with Crippen LogP contribution in [0.25, 0.3) is 0 Å². The van der Waals surface area contributed by atoms with Crippen molar-refractivity contribution in [3.05, 3.63) is 0 Å². The maximum absolute atomic E-state index is 8.69. The molecule has 4 N–H and O–H groups in total. The molecule has 1 rings (SSSR count). The van der Waals surface area contributed by atoms with Crippen LogP contribution in [0.5, 0.6) is 0 Å². The van der Waals surface area contributed by atoms with Crippen LogP contribution in [0.15, 0.2) is 5.16 Å². The van der Waals surface area contributed by atoms with Crippen molar-refractivity contribution in [2.45, 2.75) is 58.9 Å². The van der Waals surface area contributed by atoms with Gasteiger partial charge in [-0.1, -0.05) is 31.8 Å². The molecule has 0 radical (unpaired) electrons. The lowest BCUT2D eigenvalue weighted by Gasteiger charge is -2.26. The minimum atomic E-state index is -0.239. The highest BCUT2D eigenvalue weighted by atomic mass is 16.4. The number of oxime groups is 1. The first kappa shape index (κ1) is 14.3. The maximum Gasteiger partial charge on any atom is 0.144 e. The van der Waals surface area contributed by atoms with Gasteiger partial charge in [0.05, 0.1) is 0 Å². The highest BCUT2D eigenvalue weighted by Crippen LogP contribution is 2.27. The minimum absolute atomic E-state index is 0.239. The van der Waals surface area contributed by atoms with E-state index in [1.54, 1.807) is 0 Å². The second kappa shape index (κ2) is 6.24. The van der Waals surface area contributed by atoms with E-state index in [9.17, 15) is 0 Å². The summed E-state index contributed by atoms with van der Waals surface area (Å²) in [7, 11) is 0. The van der Waals surface area contributed by atoms with Crippen molar-refractivity contribution >= 4 is 5.84 Å². The van der Waals surface area contributed by atoms with Gasteiger partial charge in [-0.25, -0.2) is 0 Å². The van der Waals surface area contributed by atoms with Crippen LogP contribution < -0.4 is 11.1 Å². The summed E-state index contributed by atoms with van der Waals surface area (Å²) in [4.78, 5) is 0. The molecule has 0 aliphatic heterocycles. The third-order valence-corrected chi connectivity index (χ3v) is 4.12. The molecule has 0 saturated heterocycles. The third-order valence-electron chi connectivity index (χ3n) is 4.12. The molecule has 1 aliphatic rings. The molecule has 1 saturated carbocycles. The number of nitrogens with zero attached hydrogens (tertiary/aromatic N) is 1. The first-order valence-electron chi connectivity index (χ1n) is 6.69. The van der Waals surface area contributed by atoms with E-state index < -0.39 is 0 Å². The van der Waals surface area contributed by atoms with Gasteiger partial charge in [0.2, 0.25) is 0 Å². The Labute approximate surface area is 105 Å². The molecule has 1 aliphatic carbocycles. The lowest BCUT2D eigenvalue weighted by atomic mass is 9.88. The molecule has 0 aromatic rings. The number of amidine groups is 1. The van der Waals surface area contributed by atoms with Gasteiger partial charge in [0.1, 0.15) is 5.84 Å². The van der Waals surface area contributed by atoms with E-state index in [0.717, 1.165) is 18.9 Å². The molecule has 0 heterocycles. The second-order valence-electron chi connectivity index (χ2n) is 5.91. The Morgan fingerprint density at radius 3 is 2.59 bits per heavy atom. The lowest BCUT2D eigenvalue weighted by molar-refractivity contribution is 0.302. The van der Waals surface area contributed by atoms with Gasteiger partial charge in [-0.15, -0.1) is 0 Å². The third kappa shape index (κ3) is 4.19. The Hall–Kier alpha value is -0.770. The molecule has 0 aromatic heterocycles. The highest BCUT2D eigenvalue weighted by Gasteiger charge is 2.25. The molecule has 4 nitrogen and oxygen atoms in total. The van der Waals surface area contributed by atoms with Crippen LogP contribution in [0.4, 0.5) is 0 Å². The van der Waals surface area contributed by atoms with E-state index >= 15 is 0 Å². The van der Waals surface area contributed by atoms with Crippen LogP contribution in [0.1, 0.15) is 52.9 Å². The summed E-state index contributed by atoms with van der Waals surface area (Å²) in [5.41, 5.74) is 5.42. The topological polar surface area (TPSA) is 70.6 Å². The van der Waals surface area contributed by atoms with Crippen LogP contribution in [-0.2, 0) is 0 Å². The number of hydrogen-bond donors (Lipinski definition) is 3. The average molecular weight is 241 g/mol. The molecule has 4 heteroatoms. The molecule has 100 valence electrons. The van der Waals surface area contributed by atoms with Crippen LogP contribution in [0.3, 0.4) is 0 Å². The quantitative estimate of drug-likeness (QED) is 0.289. The molecule has 0 unspecified atom stereocenters. The number of nitrogens with two attached hydrogens (primary N) is 1. The lowest BCUT2D eigenvalue weighted by Crippen LogP contribution is -2.38. The standard InChI is InChI=1S/C13H27N3O/c1-10(11-6-4-5-7-11)15-9-8-13(2,3)12(14)16-17/h10-11,15,17H,4-9H2,1-3H3,(H2,14,16)/t10-/m1/s1. The van der Waals surface area contributed by atoms with E-state index in [1.165, 1.54) is 25.7 Å². The zero-order chi connectivity index (χ0) is 12.9. The Balaban J connectivity index is 2.27. The largest absolute Gasteiger partial charge is 0.409 e. The zero-order valence-electron chi connectivity index (χ0n) is 11.4. The SMILES string of the molecule is C[C@@H](NCCC(C)(C)C(N)=NO)C1CCCC1. The number of rotatable bonds is 6. The average Bonchev–Trinajstić information content (AvgIpc) is 2.80. The van der Waals surface area contributed by atoms with Crippen LogP contribution in [0, 0.1) is 11.3 Å². The van der Waals surface area contributed by atoms with Crippen LogP contribution in [-0.4, -0.2) is 23.6 Å². The van der Waals surface area contributed by atoms with E-state index in [1.807, 2.05) is 13.8 Å². The molecule has 0 aromatic carbocycles. The Bertz CT molecular complexity index is 257. The summed E-state index contributed by atoms with van der Waals surface area (Å²) in [5.74, 6) is 1.15. The van der Waals surface area contributed by atoms with Gasteiger partial charge in [0.25, 0.3) is 0 Å². The first-order valence-corrected chi connectivity index (χ1v) is 6.69. The smallest absolute Gasteiger partial charge is 0.144 e. The minimum Gasteiger partial charge on any atom is -0.409 e. The van der Waals surface area contributed by atoms with Crippen LogP contribution in [0.2, 0.25) is 0 Å². The van der Waals surface area contributed by atoms with Gasteiger partial charge >= 0.3 is 0 Å². The summed E-state index contributed by atoms with van der Waals surface area (Å²) in [6.45, 7) is 7.20. The van der Waals surface area contributed by atoms with Gasteiger partial charge in [-0.2, -0.15) is 0 Å². The van der Waals surface area contributed by atoms with Gasteiger partial charge < -0.3 is 16.3 Å². The maximum atomic E-state index is 8.69. The monoisotopic (exact) mass is 241 g/mol. The van der Waals surface area contributed by atoms with Crippen molar-refractivity contribution in [2.24, 2.45) is 22.2 Å². The van der Waals surface area contributed by atoms with Gasteiger partial charge in [0, 0.05) is 11.5 Å². The van der Waals surface area contributed by atoms with Crippen molar-refractivity contribution in [1.29, 1.82) is 0 Å². The predicted molar refractivity (Wildman–Crippen MR) is 71.2 cm³/mol. The van der Waals surface area contributed by atoms with Crippen molar-refractivity contribution in [3.63, 3.8) is 0 Å². The Morgan fingerprint density at radius 1 is 1.47 bits per heavy atom. The van der Waals surface area contributed by atoms with E-state index in [4.69, 9.17) is 10.9 Å². The van der Waals surface area contributed by atoms with Crippen molar-refractivity contribution < 1.29 is 5.21 Å². The molecule has 1 atom stereocenters. The summed E-state index contributed by atoms with van der Waals surface area (Å²) in [6.07, 6.45) is 6.37. The first-order chi connectivity index (χ1) is 7.97. The Kier molecular flexibility index (Phi) is 5.25. The molecule has 17 heavy (non-hydrogen) atoms. The fourth-order valence-electron chi connectivity index (χ4n) is 2.50. The van der Waals surface area contributed by atoms with Crippen molar-refractivity contribution in [2.75, 3.05) is 6.54 Å². The highest BCUT2D eigenvalue weighted by molar-refractivity contribution is 5.85. The molecule has 0 spiro atoms. The molecule has 0 bridgehead atoms. The van der Waals surface area contributed by atoms with Gasteiger partial charge in [-0.05, 0) is 38.6 Å². The van der Waals surface area contributed by atoms with Gasteiger partial charge in [0.15, 0.2) is 0 Å². The van der Waals surface area contributed by atoms with E-state index in [2.05, 4.69) is 17.4 Å². The fraction of sp³-hybridized carbons (Fsp3) is 0.923. The fourth-order valence-corrected chi connectivity index (χ4v) is 2.50. The Morgan fingerprint density at radius 2 is 2.06 bits per heavy atom. The summed E-state index contributed by atoms with van der Waals surface area (Å²) < 4.78 is 0. The summed E-state index contributed by atoms with van der Waals surface area (Å²) >= 11 is 0. The number of nitrogens with one attached hydrogen (secondary N) is 1. The van der Waals surface area contributed by atoms with Crippen molar-refractivity contribution in [1.82, 2.24) is 5.32 Å². The summed E-state index contributed by atoms with van der Waals surface area (Å²) in [6, 6.07) is 0.584. The summed E-state index contributed by atoms with van der Waals surface area (Å²) in [5, 5.41) is 15.4. The van der Waals surface area contributed by atoms with E-state index in [-0.39, 0.29) is 5.41 Å². The second-order valence-corrected chi connectivity index (χ2v) is 5.91. The van der Waals surface area contributed by atoms with E-state index in [0.29, 0.717) is 11.9 Å². The number of hydrogen-bond acceptors (Lipinski definition) is 3. The normalized spacial score (nSPS) is 20.8. The molecule has 0 amide bonds. The van der Waals surface area contributed by atoms with Crippen molar-refractivity contribution in [3.8, 4) is 0 Å². The van der Waals surface area contributed by atoms with Crippen LogP contribution >= 0.6 is 0 Å². The van der Waals surface area contributed by atoms with Gasteiger partial charge in [-0.3, -0.25) is 0 Å².